The minimum absolute atomic E-state index is 0.318. The number of para-hydroxylation sites is 1. The molecule has 0 spiro atoms. The van der Waals surface area contributed by atoms with Crippen molar-refractivity contribution in [2.45, 2.75) is 0 Å². The Morgan fingerprint density at radius 3 is 2.37 bits per heavy atom. The Labute approximate surface area is 206 Å². The minimum atomic E-state index is -0.318. The molecule has 5 rings (SSSR count). The number of aromatic nitrogens is 1. The Bertz CT molecular complexity index is 1480. The van der Waals surface area contributed by atoms with Crippen LogP contribution in [0, 0.1) is 0 Å². The highest BCUT2D eigenvalue weighted by Crippen LogP contribution is 2.33. The normalized spacial score (nSPS) is 11.0. The van der Waals surface area contributed by atoms with E-state index in [0.29, 0.717) is 22.2 Å². The van der Waals surface area contributed by atoms with Crippen LogP contribution in [0.3, 0.4) is 0 Å². The molecule has 1 aromatic heterocycles. The highest BCUT2D eigenvalue weighted by Gasteiger charge is 2.22. The number of amides is 1. The van der Waals surface area contributed by atoms with Gasteiger partial charge in [0, 0.05) is 5.56 Å². The third-order valence-electron chi connectivity index (χ3n) is 5.14. The van der Waals surface area contributed by atoms with Crippen LogP contribution in [0.2, 0.25) is 0 Å². The molecule has 35 heavy (non-hydrogen) atoms. The smallest absolute Gasteiger partial charge is 0.280 e. The van der Waals surface area contributed by atoms with E-state index in [1.54, 1.807) is 31.5 Å². The SMILES string of the molecule is COc1ccc2nc(N(/N=C/c3ccccc3)C(=O)c3cccc(Oc4ccccc4)c3)sc2c1. The maximum atomic E-state index is 13.7. The average molecular weight is 480 g/mol. The molecule has 0 radical (unpaired) electrons. The van der Waals surface area contributed by atoms with Crippen molar-refractivity contribution in [3.63, 3.8) is 0 Å². The zero-order chi connectivity index (χ0) is 24.0. The van der Waals surface area contributed by atoms with Crippen LogP contribution in [0.1, 0.15) is 15.9 Å². The summed E-state index contributed by atoms with van der Waals surface area (Å²) in [5.74, 6) is 1.66. The lowest BCUT2D eigenvalue weighted by Crippen LogP contribution is -2.25. The zero-order valence-electron chi connectivity index (χ0n) is 18.9. The fraction of sp³-hybridized carbons (Fsp3) is 0.0357. The van der Waals surface area contributed by atoms with Gasteiger partial charge in [-0.25, -0.2) is 4.98 Å². The molecule has 0 aliphatic rings. The molecule has 0 aliphatic carbocycles. The van der Waals surface area contributed by atoms with E-state index >= 15 is 0 Å². The van der Waals surface area contributed by atoms with Crippen molar-refractivity contribution < 1.29 is 14.3 Å². The van der Waals surface area contributed by atoms with E-state index < -0.39 is 0 Å². The van der Waals surface area contributed by atoms with Crippen molar-refractivity contribution in [1.82, 2.24) is 4.98 Å². The molecule has 172 valence electrons. The molecule has 1 amide bonds. The van der Waals surface area contributed by atoms with Gasteiger partial charge in [0.1, 0.15) is 17.2 Å². The maximum absolute atomic E-state index is 13.7. The van der Waals surface area contributed by atoms with Crippen molar-refractivity contribution >= 4 is 38.8 Å². The number of methoxy groups -OCH3 is 1. The molecular weight excluding hydrogens is 458 g/mol. The van der Waals surface area contributed by atoms with E-state index in [-0.39, 0.29) is 5.91 Å². The first kappa shape index (κ1) is 22.3. The predicted molar refractivity (Wildman–Crippen MR) is 140 cm³/mol. The van der Waals surface area contributed by atoms with Crippen LogP contribution >= 0.6 is 11.3 Å². The number of anilines is 1. The maximum Gasteiger partial charge on any atom is 0.280 e. The summed E-state index contributed by atoms with van der Waals surface area (Å²) in [5, 5.41) is 6.31. The second-order valence-electron chi connectivity index (χ2n) is 7.55. The number of ether oxygens (including phenoxy) is 2. The van der Waals surface area contributed by atoms with E-state index in [4.69, 9.17) is 9.47 Å². The standard InChI is InChI=1S/C28H21N3O3S/c1-33-23-15-16-25-26(18-23)35-28(30-25)31(29-19-20-9-4-2-5-10-20)27(32)21-11-8-14-24(17-21)34-22-12-6-3-7-13-22/h2-19H,1H3/b29-19+. The lowest BCUT2D eigenvalue weighted by atomic mass is 10.2. The quantitative estimate of drug-likeness (QED) is 0.191. The molecule has 0 saturated carbocycles. The van der Waals surface area contributed by atoms with Gasteiger partial charge in [-0.3, -0.25) is 4.79 Å². The zero-order valence-corrected chi connectivity index (χ0v) is 19.7. The summed E-state index contributed by atoms with van der Waals surface area (Å²) < 4.78 is 12.1. The van der Waals surface area contributed by atoms with Gasteiger partial charge in [0.05, 0.1) is 23.5 Å². The van der Waals surface area contributed by atoms with Gasteiger partial charge in [-0.2, -0.15) is 10.1 Å². The minimum Gasteiger partial charge on any atom is -0.497 e. The molecule has 1 heterocycles. The highest BCUT2D eigenvalue weighted by molar-refractivity contribution is 7.22. The average Bonchev–Trinajstić information content (AvgIpc) is 3.33. The van der Waals surface area contributed by atoms with Gasteiger partial charge in [-0.15, -0.1) is 0 Å². The van der Waals surface area contributed by atoms with Gasteiger partial charge in [0.2, 0.25) is 5.13 Å². The Hall–Kier alpha value is -4.49. The first-order chi connectivity index (χ1) is 17.2. The summed E-state index contributed by atoms with van der Waals surface area (Å²) in [7, 11) is 1.62. The Morgan fingerprint density at radius 1 is 0.857 bits per heavy atom. The van der Waals surface area contributed by atoms with Crippen LogP contribution in [0.25, 0.3) is 10.2 Å². The van der Waals surface area contributed by atoms with Gasteiger partial charge in [-0.1, -0.05) is 65.9 Å². The van der Waals surface area contributed by atoms with Crippen molar-refractivity contribution in [2.24, 2.45) is 5.10 Å². The van der Waals surface area contributed by atoms with Crippen LogP contribution in [0.4, 0.5) is 5.13 Å². The summed E-state index contributed by atoms with van der Waals surface area (Å²) in [5.41, 5.74) is 2.06. The number of carbonyl (C=O) groups is 1. The molecule has 0 bridgehead atoms. The number of fused-ring (bicyclic) bond motifs is 1. The molecule has 0 fully saturated rings. The molecule has 0 N–H and O–H groups in total. The molecule has 4 aromatic carbocycles. The number of benzene rings is 4. The molecular formula is C28H21N3O3S. The third kappa shape index (κ3) is 5.20. The summed E-state index contributed by atoms with van der Waals surface area (Å²) >= 11 is 1.37. The van der Waals surface area contributed by atoms with Crippen molar-refractivity contribution in [3.8, 4) is 17.2 Å². The van der Waals surface area contributed by atoms with Crippen molar-refractivity contribution in [3.05, 3.63) is 114 Å². The lowest BCUT2D eigenvalue weighted by Gasteiger charge is -2.14. The second-order valence-corrected chi connectivity index (χ2v) is 8.55. The van der Waals surface area contributed by atoms with Crippen LogP contribution in [-0.4, -0.2) is 24.2 Å². The van der Waals surface area contributed by atoms with Gasteiger partial charge in [0.15, 0.2) is 0 Å². The van der Waals surface area contributed by atoms with Crippen LogP contribution in [0.15, 0.2) is 108 Å². The molecule has 5 aromatic rings. The number of thiazole rings is 1. The summed E-state index contributed by atoms with van der Waals surface area (Å²) in [6.07, 6.45) is 1.65. The van der Waals surface area contributed by atoms with E-state index in [9.17, 15) is 4.79 Å². The summed E-state index contributed by atoms with van der Waals surface area (Å²) in [6, 6.07) is 31.7. The Kier molecular flexibility index (Phi) is 6.50. The summed E-state index contributed by atoms with van der Waals surface area (Å²) in [6.45, 7) is 0. The number of nitrogens with zero attached hydrogens (tertiary/aromatic N) is 3. The lowest BCUT2D eigenvalue weighted by molar-refractivity contribution is 0.0987. The van der Waals surface area contributed by atoms with E-state index in [2.05, 4.69) is 10.1 Å². The van der Waals surface area contributed by atoms with E-state index in [0.717, 1.165) is 21.5 Å². The first-order valence-corrected chi connectivity index (χ1v) is 11.7. The molecule has 0 atom stereocenters. The topological polar surface area (TPSA) is 64.0 Å². The molecule has 0 aliphatic heterocycles. The number of hydrazone groups is 1. The van der Waals surface area contributed by atoms with Crippen LogP contribution in [-0.2, 0) is 0 Å². The third-order valence-corrected chi connectivity index (χ3v) is 6.13. The van der Waals surface area contributed by atoms with Crippen LogP contribution < -0.4 is 14.5 Å². The fourth-order valence-corrected chi connectivity index (χ4v) is 4.35. The molecule has 7 heteroatoms. The monoisotopic (exact) mass is 479 g/mol. The van der Waals surface area contributed by atoms with Crippen molar-refractivity contribution in [2.75, 3.05) is 12.1 Å². The van der Waals surface area contributed by atoms with E-state index in [1.807, 2.05) is 84.9 Å². The number of carbonyl (C=O) groups excluding carboxylic acids is 1. The fourth-order valence-electron chi connectivity index (χ4n) is 3.40. The molecule has 0 saturated heterocycles. The highest BCUT2D eigenvalue weighted by atomic mass is 32.1. The first-order valence-electron chi connectivity index (χ1n) is 10.9. The number of hydrogen-bond donors (Lipinski definition) is 0. The Morgan fingerprint density at radius 2 is 1.60 bits per heavy atom. The van der Waals surface area contributed by atoms with E-state index in [1.165, 1.54) is 16.3 Å². The van der Waals surface area contributed by atoms with Gasteiger partial charge in [0.25, 0.3) is 5.91 Å². The second kappa shape index (κ2) is 10.2. The Balaban J connectivity index is 1.51. The van der Waals surface area contributed by atoms with Crippen molar-refractivity contribution in [1.29, 1.82) is 0 Å². The van der Waals surface area contributed by atoms with Gasteiger partial charge < -0.3 is 9.47 Å². The molecule has 0 unspecified atom stereocenters. The number of rotatable bonds is 7. The van der Waals surface area contributed by atoms with Gasteiger partial charge >= 0.3 is 0 Å². The van der Waals surface area contributed by atoms with Gasteiger partial charge in [-0.05, 0) is 54.1 Å². The molecule has 6 nitrogen and oxygen atoms in total. The largest absolute Gasteiger partial charge is 0.497 e. The predicted octanol–water partition coefficient (Wildman–Crippen LogP) is 6.78. The number of hydrogen-bond acceptors (Lipinski definition) is 6. The van der Waals surface area contributed by atoms with Crippen LogP contribution in [0.5, 0.6) is 17.2 Å². The summed E-state index contributed by atoms with van der Waals surface area (Å²) in [4.78, 5) is 18.3.